The van der Waals surface area contributed by atoms with Crippen molar-refractivity contribution in [3.05, 3.63) is 212 Å². The number of aryl methyl sites for hydroxylation is 2. The number of aromatic nitrogens is 4. The number of hydrogen-bond donors (Lipinski definition) is 7. The van der Waals surface area contributed by atoms with Crippen LogP contribution in [0.4, 0.5) is 11.4 Å². The Bertz CT molecular complexity index is 6540. The molecule has 14 aliphatic rings. The fourth-order valence-corrected chi connectivity index (χ4v) is 30.5. The van der Waals surface area contributed by atoms with E-state index in [0.717, 1.165) is 241 Å². The van der Waals surface area contributed by atoms with Gasteiger partial charge in [0.15, 0.2) is 0 Å². The molecule has 0 radical (unpaired) electrons. The monoisotopic (exact) mass is 2000 g/mol. The molecule has 8 saturated heterocycles. The number of Topliss-reactive ketones (excluding diaryl/α,β-unsaturated/α-hetero) is 2. The van der Waals surface area contributed by atoms with Gasteiger partial charge in [-0.25, -0.2) is 0 Å². The number of fused-ring (bicyclic) bond motifs is 30. The fraction of sp³-hybridized carbons (Fsp3) is 0.571. The van der Waals surface area contributed by atoms with E-state index in [4.69, 9.17) is 28.9 Å². The summed E-state index contributed by atoms with van der Waals surface area (Å²) in [4.78, 5) is 63.7. The Labute approximate surface area is 875 Å². The molecular formula is C126H170N12O9. The highest BCUT2D eigenvalue weighted by atomic mass is 16.5. The minimum absolute atomic E-state index is 0.165. The molecule has 0 saturated carbocycles. The summed E-state index contributed by atoms with van der Waals surface area (Å²) < 4.78 is 22.5. The average Bonchev–Trinajstić information content (AvgIpc) is 1.57. The fourth-order valence-electron chi connectivity index (χ4n) is 30.5. The molecule has 24 rings (SSSR count). The number of ether oxygens (including phenoxy) is 4. The molecule has 18 heterocycles. The molecule has 21 heteroatoms. The van der Waals surface area contributed by atoms with E-state index in [9.17, 15) is 24.9 Å². The number of piperidine rings is 8. The van der Waals surface area contributed by atoms with Gasteiger partial charge in [-0.3, -0.25) is 39.4 Å². The highest BCUT2D eigenvalue weighted by Gasteiger charge is 2.56. The topological polar surface area (TPSA) is 239 Å². The van der Waals surface area contributed by atoms with Gasteiger partial charge in [-0.05, 0) is 322 Å². The van der Waals surface area contributed by atoms with E-state index >= 15 is 0 Å². The predicted octanol–water partition coefficient (Wildman–Crippen LogP) is 24.9. The molecule has 0 aliphatic carbocycles. The Hall–Kier alpha value is -9.78. The molecule has 0 bridgehead atoms. The van der Waals surface area contributed by atoms with E-state index < -0.39 is 11.2 Å². The zero-order valence-electron chi connectivity index (χ0n) is 91.5. The van der Waals surface area contributed by atoms with E-state index in [2.05, 4.69) is 218 Å². The van der Waals surface area contributed by atoms with Crippen molar-refractivity contribution in [1.82, 2.24) is 49.3 Å². The number of nitrogens with zero attached hydrogens (tertiary/aromatic N) is 8. The number of benzene rings is 6. The second-order valence-corrected chi connectivity index (χ2v) is 46.3. The van der Waals surface area contributed by atoms with E-state index in [1.807, 2.05) is 36.4 Å². The summed E-state index contributed by atoms with van der Waals surface area (Å²) in [6, 6.07) is 39.8. The number of hydrogen-bond acceptors (Lipinski definition) is 17. The number of methoxy groups -OCH3 is 4. The maximum absolute atomic E-state index is 11.8. The first-order chi connectivity index (χ1) is 71.1. The molecule has 8 fully saturated rings. The van der Waals surface area contributed by atoms with Crippen molar-refractivity contribution < 1.29 is 43.9 Å². The Morgan fingerprint density at radius 2 is 0.810 bits per heavy atom. The molecule has 0 amide bonds. The maximum Gasteiger partial charge on any atom is 0.133 e. The van der Waals surface area contributed by atoms with E-state index in [0.29, 0.717) is 90.3 Å². The summed E-state index contributed by atoms with van der Waals surface area (Å²) in [5.41, 5.74) is 26.6. The lowest BCUT2D eigenvalue weighted by Gasteiger charge is -2.50. The zero-order chi connectivity index (χ0) is 103. The quantitative estimate of drug-likeness (QED) is 0.0351. The van der Waals surface area contributed by atoms with Gasteiger partial charge in [-0.2, -0.15) is 0 Å². The van der Waals surface area contributed by atoms with Crippen LogP contribution in [-0.2, 0) is 46.5 Å². The van der Waals surface area contributed by atoms with Gasteiger partial charge < -0.3 is 63.8 Å². The number of aliphatic hydroxyl groups excluding tert-OH is 1. The third kappa shape index (κ3) is 20.2. The van der Waals surface area contributed by atoms with Crippen molar-refractivity contribution in [2.24, 2.45) is 75.1 Å². The summed E-state index contributed by atoms with van der Waals surface area (Å²) in [5, 5.41) is 38.0. The van der Waals surface area contributed by atoms with Crippen molar-refractivity contribution in [3.8, 4) is 23.0 Å². The molecule has 7 N–H and O–H groups in total. The minimum atomic E-state index is -0.915. The molecule has 788 valence electrons. The second-order valence-electron chi connectivity index (χ2n) is 46.3. The van der Waals surface area contributed by atoms with Crippen molar-refractivity contribution >= 4 is 78.0 Å². The number of rotatable bonds is 20. The molecule has 21 nitrogen and oxygen atoms in total. The third-order valence-electron chi connectivity index (χ3n) is 38.2. The standard InChI is InChI=1S/C22H30N2O2.C22H32N2O.C22H30N2O.C21H28N2O2.C20H26N2O.C19H24N2O2/c1-4-14-12-24-10-9-16-21-18(7-6-8-20(21)26-3)23-22(16)19(24)11-17(14)15(5-2)13-25;2*1-5-14(3)17-12-19-22-16(10-11-24(19)13-15(17)6-2)21-18(23-22)8-7-9-20(21)25-4;1-4-15-12-23-9-8-21(25)19-13(2)6-5-7-17(19)22-20(21)18(23)11-16(15)10-14(3)24;1-13(2)11-15-7-9-22-10-8-20(23)18-14(3)5-4-6-16(18)21-19(20)17(22)12-15;1-12(22)10-13-6-8-21-9-7-14-18-15(4-3-5-17(18)23-2)20-19(14)16(21)11-13/h5-8,14,17,19,23,25H,4,9-13H2,1-3H3;7-9,14-15,17,19,23H,5-6,10-13H2,1-4H3;7-9,15,17,19,23H,3,5-6,10-13H2,1-2,4H3;5-7,15-16,18,25H,4,8-12H2,1-3H3;4-6,15,17,23H,1,7-12H2,2-3H3;3-5,13,16,20H,6-11H2,1-2H3/b15-5-;;;;;/t14-,17+,19+;14?,15-,17-,19+;15-,17-,19+;15?,16?,18-,21?;15?,17-,20?;13?,16-/m111000/s1. The number of ketones is 2. The van der Waals surface area contributed by atoms with Gasteiger partial charge in [-0.15, -0.1) is 6.58 Å². The van der Waals surface area contributed by atoms with Crippen LogP contribution in [0.5, 0.6) is 23.0 Å². The molecule has 147 heavy (non-hydrogen) atoms. The van der Waals surface area contributed by atoms with Crippen LogP contribution in [-0.4, -0.2) is 213 Å². The van der Waals surface area contributed by atoms with Crippen LogP contribution in [0, 0.1) is 78.9 Å². The third-order valence-corrected chi connectivity index (χ3v) is 38.2. The Balaban J connectivity index is 0.000000111. The van der Waals surface area contributed by atoms with Gasteiger partial charge in [0, 0.05) is 156 Å². The Kier molecular flexibility index (Phi) is 32.4. The average molecular weight is 2000 g/mol. The van der Waals surface area contributed by atoms with Gasteiger partial charge in [0.25, 0.3) is 0 Å². The first-order valence-corrected chi connectivity index (χ1v) is 56.7. The number of nitrogens with one attached hydrogen (secondary N) is 4. The summed E-state index contributed by atoms with van der Waals surface area (Å²) >= 11 is 0. The predicted molar refractivity (Wildman–Crippen MR) is 599 cm³/mol. The molecular weight excluding hydrogens is 1830 g/mol. The van der Waals surface area contributed by atoms with Crippen LogP contribution in [0.1, 0.15) is 290 Å². The van der Waals surface area contributed by atoms with Crippen LogP contribution in [0.15, 0.2) is 155 Å². The van der Waals surface area contributed by atoms with Crippen molar-refractivity contribution in [1.29, 1.82) is 0 Å². The highest BCUT2D eigenvalue weighted by molar-refractivity contribution is 6.06. The summed E-state index contributed by atoms with van der Waals surface area (Å²) in [6.45, 7) is 50.0. The maximum atomic E-state index is 11.8. The van der Waals surface area contributed by atoms with Crippen LogP contribution in [0.3, 0.4) is 0 Å². The SMILES string of the molecule is C/C=C(/CO)[C@H]1C[C@H]2c3[nH]c4cccc(OC)c4c3CCN2C[C@H]1CC.C=C(C)CC1CCN2CCC3(O)C(=Nc4cccc(C)c43)[C@@H]2C1.C=C(CC)[C@H]1C[C@H]2c3[nH]c4cccc(OC)c4c3CCN2C[C@H]1CC.CCC(C)[C@H]1C[C@H]2c3[nH]c4cccc(OC)c4c3CCN2C[C@H]1CC.CCC1CN2CCC3(O)C(=Nc4cccc(C)c43)[C@@H]2CC1CC(C)=O.COc1cccc2[nH]c3c(c12)CCN1CCC(CC(C)=O)C[C@@H]31. The lowest BCUT2D eigenvalue weighted by atomic mass is 9.70. The van der Waals surface area contributed by atoms with Gasteiger partial charge in [0.2, 0.25) is 0 Å². The number of aliphatic hydroxyl groups is 3. The van der Waals surface area contributed by atoms with Gasteiger partial charge in [0.1, 0.15) is 45.8 Å². The van der Waals surface area contributed by atoms with E-state index in [1.165, 1.54) is 170 Å². The Morgan fingerprint density at radius 3 is 1.22 bits per heavy atom. The summed E-state index contributed by atoms with van der Waals surface area (Å²) in [7, 11) is 7.06. The normalized spacial score (nSPS) is 28.6. The van der Waals surface area contributed by atoms with E-state index in [1.54, 1.807) is 42.3 Å². The first kappa shape index (κ1) is 106. The van der Waals surface area contributed by atoms with Gasteiger partial charge >= 0.3 is 0 Å². The molecule has 14 aliphatic heterocycles. The minimum Gasteiger partial charge on any atom is -0.496 e. The van der Waals surface area contributed by atoms with Gasteiger partial charge in [-0.1, -0.05) is 153 Å². The largest absolute Gasteiger partial charge is 0.496 e. The molecule has 0 spiro atoms. The molecule has 4 aromatic heterocycles. The number of aliphatic imine (C=N–C) groups is 2. The lowest BCUT2D eigenvalue weighted by Crippen LogP contribution is -2.60. The molecule has 10 aromatic rings. The van der Waals surface area contributed by atoms with Crippen molar-refractivity contribution in [2.75, 3.05) is 114 Å². The van der Waals surface area contributed by atoms with Crippen LogP contribution in [0.2, 0.25) is 0 Å². The summed E-state index contributed by atoms with van der Waals surface area (Å²) in [5.74, 6) is 11.7. The second kappa shape index (κ2) is 45.0. The number of H-pyrrole nitrogens is 4. The first-order valence-electron chi connectivity index (χ1n) is 56.7. The summed E-state index contributed by atoms with van der Waals surface area (Å²) in [6.07, 6.45) is 26.8. The number of allylic oxidation sites excluding steroid dienone is 3. The molecule has 6 aromatic carbocycles. The van der Waals surface area contributed by atoms with Crippen molar-refractivity contribution in [3.63, 3.8) is 0 Å². The van der Waals surface area contributed by atoms with Crippen molar-refractivity contribution in [2.45, 2.75) is 285 Å². The van der Waals surface area contributed by atoms with Gasteiger partial charge in [0.05, 0.1) is 94.1 Å². The molecule has 7 unspecified atom stereocenters. The zero-order valence-corrected chi connectivity index (χ0v) is 91.5. The Morgan fingerprint density at radius 1 is 0.442 bits per heavy atom. The van der Waals surface area contributed by atoms with E-state index in [-0.39, 0.29) is 18.4 Å². The smallest absolute Gasteiger partial charge is 0.133 e. The number of carbonyl (C=O) groups is 2. The van der Waals surface area contributed by atoms with Crippen LogP contribution >= 0.6 is 0 Å². The van der Waals surface area contributed by atoms with Crippen LogP contribution < -0.4 is 18.9 Å². The highest BCUT2D eigenvalue weighted by Crippen LogP contribution is 2.56. The molecule has 19 atom stereocenters. The van der Waals surface area contributed by atoms with Crippen LogP contribution in [0.25, 0.3) is 43.6 Å². The lowest BCUT2D eigenvalue weighted by molar-refractivity contribution is -0.119. The number of aromatic amines is 4. The number of carbonyl (C=O) groups excluding carboxylic acids is 2.